The van der Waals surface area contributed by atoms with Crippen LogP contribution < -0.4 is 9.64 Å². The van der Waals surface area contributed by atoms with Gasteiger partial charge in [-0.25, -0.2) is 4.98 Å². The van der Waals surface area contributed by atoms with Gasteiger partial charge in [-0.05, 0) is 94.4 Å². The van der Waals surface area contributed by atoms with Crippen LogP contribution in [0.2, 0.25) is 0 Å². The van der Waals surface area contributed by atoms with Gasteiger partial charge in [-0.3, -0.25) is 9.59 Å². The number of carboxylic acid groups (broad SMARTS) is 1. The van der Waals surface area contributed by atoms with Crippen molar-refractivity contribution in [2.75, 3.05) is 45.2 Å². The molecule has 3 aromatic rings. The Kier molecular flexibility index (Phi) is 7.98. The molecule has 2 bridgehead atoms. The van der Waals surface area contributed by atoms with E-state index in [2.05, 4.69) is 42.3 Å². The molecule has 1 N–H and O–H groups in total. The van der Waals surface area contributed by atoms with E-state index in [1.807, 2.05) is 42.2 Å². The molecule has 1 amide bonds. The molecule has 8 nitrogen and oxygen atoms in total. The summed E-state index contributed by atoms with van der Waals surface area (Å²) in [6.45, 7) is 7.56. The van der Waals surface area contributed by atoms with Crippen molar-refractivity contribution >= 4 is 28.3 Å². The van der Waals surface area contributed by atoms with Gasteiger partial charge < -0.3 is 24.5 Å². The van der Waals surface area contributed by atoms with Gasteiger partial charge in [0.2, 0.25) is 0 Å². The fourth-order valence-corrected chi connectivity index (χ4v) is 7.81. The molecule has 6 rings (SSSR count). The quantitative estimate of drug-likeness (QED) is 0.381. The summed E-state index contributed by atoms with van der Waals surface area (Å²) >= 11 is 1.61. The lowest BCUT2D eigenvalue weighted by molar-refractivity contribution is -0.144. The molecule has 42 heavy (non-hydrogen) atoms. The van der Waals surface area contributed by atoms with Crippen LogP contribution in [0.3, 0.4) is 0 Å². The van der Waals surface area contributed by atoms with E-state index in [0.29, 0.717) is 12.6 Å². The van der Waals surface area contributed by atoms with Gasteiger partial charge in [0, 0.05) is 48.7 Å². The van der Waals surface area contributed by atoms with Crippen molar-refractivity contribution in [2.24, 2.45) is 17.8 Å². The lowest BCUT2D eigenvalue weighted by atomic mass is 9.85. The molecule has 222 valence electrons. The number of hydrogen-bond acceptors (Lipinski definition) is 7. The highest BCUT2D eigenvalue weighted by atomic mass is 32.1. The molecule has 2 saturated heterocycles. The van der Waals surface area contributed by atoms with Gasteiger partial charge in [-0.2, -0.15) is 0 Å². The zero-order chi connectivity index (χ0) is 29.5. The summed E-state index contributed by atoms with van der Waals surface area (Å²) in [5, 5.41) is 12.7. The molecular formula is C33H40N4O4S. The van der Waals surface area contributed by atoms with Gasteiger partial charge in [-0.15, -0.1) is 11.3 Å². The molecule has 1 aliphatic carbocycles. The van der Waals surface area contributed by atoms with E-state index in [0.717, 1.165) is 89.8 Å². The van der Waals surface area contributed by atoms with Crippen molar-refractivity contribution in [3.63, 3.8) is 0 Å². The smallest absolute Gasteiger partial charge is 0.307 e. The van der Waals surface area contributed by atoms with Crippen LogP contribution in [0, 0.1) is 31.6 Å². The van der Waals surface area contributed by atoms with Gasteiger partial charge in [-0.1, -0.05) is 17.7 Å². The number of amides is 1. The topological polar surface area (TPSA) is 86.2 Å². The summed E-state index contributed by atoms with van der Waals surface area (Å²) < 4.78 is 6.38. The van der Waals surface area contributed by atoms with Crippen LogP contribution >= 0.6 is 11.3 Å². The Morgan fingerprint density at radius 1 is 1.05 bits per heavy atom. The van der Waals surface area contributed by atoms with Gasteiger partial charge in [0.25, 0.3) is 5.91 Å². The minimum absolute atomic E-state index is 0.0928. The number of anilines is 1. The summed E-state index contributed by atoms with van der Waals surface area (Å²) in [5.74, 6) is 0.389. The number of nitrogens with zero attached hydrogens (tertiary/aromatic N) is 4. The Hall–Kier alpha value is -3.43. The predicted octanol–water partition coefficient (Wildman–Crippen LogP) is 5.33. The number of aromatic nitrogens is 1. The third-order valence-electron chi connectivity index (χ3n) is 9.45. The molecule has 3 fully saturated rings. The number of aliphatic carboxylic acids is 1. The maximum atomic E-state index is 13.1. The number of carbonyl (C=O) groups is 2. The third-order valence-corrected chi connectivity index (χ3v) is 10.3. The number of carboxylic acids is 1. The van der Waals surface area contributed by atoms with E-state index in [1.165, 1.54) is 0 Å². The second-order valence-electron chi connectivity index (χ2n) is 12.5. The number of likely N-dealkylation sites (N-methyl/N-ethyl adjacent to an activating group) is 1. The summed E-state index contributed by atoms with van der Waals surface area (Å²) in [4.78, 5) is 36.3. The lowest BCUT2D eigenvalue weighted by Gasteiger charge is -2.35. The number of piperidine rings is 1. The predicted molar refractivity (Wildman–Crippen MR) is 165 cm³/mol. The number of likely N-dealkylation sites (tertiary alicyclic amines) is 1. The van der Waals surface area contributed by atoms with E-state index < -0.39 is 5.97 Å². The molecule has 3 aliphatic rings. The van der Waals surface area contributed by atoms with Crippen LogP contribution in [0.15, 0.2) is 41.8 Å². The van der Waals surface area contributed by atoms with Crippen LogP contribution in [0.4, 0.5) is 5.13 Å². The highest BCUT2D eigenvalue weighted by molar-refractivity contribution is 7.14. The minimum atomic E-state index is -0.648. The molecule has 2 aromatic carbocycles. The summed E-state index contributed by atoms with van der Waals surface area (Å²) in [6.07, 6.45) is 2.97. The molecule has 1 saturated carbocycles. The average Bonchev–Trinajstić information content (AvgIpc) is 3.71. The number of carbonyl (C=O) groups excluding carboxylic acids is 1. The van der Waals surface area contributed by atoms with Crippen LogP contribution in [0.1, 0.15) is 46.3 Å². The maximum absolute atomic E-state index is 13.1. The lowest BCUT2D eigenvalue weighted by Crippen LogP contribution is -2.44. The van der Waals surface area contributed by atoms with Crippen LogP contribution in [-0.4, -0.2) is 78.1 Å². The van der Waals surface area contributed by atoms with Crippen molar-refractivity contribution in [1.82, 2.24) is 14.8 Å². The molecule has 0 radical (unpaired) electrons. The highest BCUT2D eigenvalue weighted by Gasteiger charge is 2.46. The number of hydrogen-bond donors (Lipinski definition) is 1. The first-order valence-electron chi connectivity index (χ1n) is 14.9. The van der Waals surface area contributed by atoms with Crippen LogP contribution in [0.5, 0.6) is 5.75 Å². The minimum Gasteiger partial charge on any atom is -0.488 e. The number of benzene rings is 2. The van der Waals surface area contributed by atoms with Crippen LogP contribution in [-0.2, 0) is 11.4 Å². The molecule has 3 atom stereocenters. The van der Waals surface area contributed by atoms with E-state index in [9.17, 15) is 14.7 Å². The van der Waals surface area contributed by atoms with Gasteiger partial charge >= 0.3 is 5.97 Å². The largest absolute Gasteiger partial charge is 0.488 e. The summed E-state index contributed by atoms with van der Waals surface area (Å²) in [6, 6.07) is 12.5. The number of rotatable bonds is 8. The maximum Gasteiger partial charge on any atom is 0.307 e. The van der Waals surface area contributed by atoms with E-state index in [4.69, 9.17) is 9.72 Å². The number of fused-ring (bicyclic) bond motifs is 2. The first-order chi connectivity index (χ1) is 20.2. The van der Waals surface area contributed by atoms with Gasteiger partial charge in [0.1, 0.15) is 12.4 Å². The zero-order valence-electron chi connectivity index (χ0n) is 24.9. The Labute approximate surface area is 251 Å². The highest BCUT2D eigenvalue weighted by Crippen LogP contribution is 2.44. The fraction of sp³-hybridized carbons (Fsp3) is 0.485. The molecule has 3 unspecified atom stereocenters. The van der Waals surface area contributed by atoms with Crippen LogP contribution in [0.25, 0.3) is 11.3 Å². The van der Waals surface area contributed by atoms with E-state index in [-0.39, 0.29) is 23.7 Å². The number of thiazole rings is 1. The Bertz CT molecular complexity index is 1470. The average molecular weight is 589 g/mol. The second kappa shape index (κ2) is 11.7. The molecule has 2 aliphatic heterocycles. The summed E-state index contributed by atoms with van der Waals surface area (Å²) in [5.41, 5.74) is 5.76. The first kappa shape index (κ1) is 28.7. The SMILES string of the molecule is Cc1ccc(OCc2ccc(C(=O)N3CCC(N(C)C)C3)cc2C)c(-c2csc(N3CC4CCC(C3)C4C(=O)O)n2)c1. The molecule has 3 heterocycles. The monoisotopic (exact) mass is 588 g/mol. The molecule has 0 spiro atoms. The zero-order valence-corrected chi connectivity index (χ0v) is 25.7. The Balaban J connectivity index is 1.14. The Morgan fingerprint density at radius 2 is 1.81 bits per heavy atom. The fourth-order valence-electron chi connectivity index (χ4n) is 6.96. The summed E-state index contributed by atoms with van der Waals surface area (Å²) in [7, 11) is 4.14. The van der Waals surface area contributed by atoms with E-state index in [1.54, 1.807) is 11.3 Å². The van der Waals surface area contributed by atoms with Crippen molar-refractivity contribution < 1.29 is 19.4 Å². The molecule has 1 aromatic heterocycles. The molecule has 9 heteroatoms. The van der Waals surface area contributed by atoms with Gasteiger partial charge in [0.15, 0.2) is 5.13 Å². The van der Waals surface area contributed by atoms with Gasteiger partial charge in [0.05, 0.1) is 11.6 Å². The third kappa shape index (κ3) is 5.64. The second-order valence-corrected chi connectivity index (χ2v) is 13.3. The van der Waals surface area contributed by atoms with Crippen molar-refractivity contribution in [1.29, 1.82) is 0 Å². The number of aryl methyl sites for hydroxylation is 2. The standard InChI is InChI=1S/C33H40N4O4S/c1-20-5-10-29(41-18-25-9-6-22(14-21(25)2)31(38)36-12-11-26(17-36)35(3)4)27(13-20)28-19-42-33(34-28)37-15-23-7-8-24(16-37)30(23)32(39)40/h5-6,9-10,13-14,19,23-24,26,30H,7-8,11-12,15-18H2,1-4H3,(H,39,40). The van der Waals surface area contributed by atoms with E-state index >= 15 is 0 Å². The van der Waals surface area contributed by atoms with Crippen molar-refractivity contribution in [2.45, 2.75) is 45.8 Å². The van der Waals surface area contributed by atoms with Crippen molar-refractivity contribution in [3.05, 3.63) is 64.0 Å². The number of ether oxygens (including phenoxy) is 1. The first-order valence-corrected chi connectivity index (χ1v) is 15.8. The normalized spacial score (nSPS) is 23.5. The van der Waals surface area contributed by atoms with Crippen molar-refractivity contribution in [3.8, 4) is 17.0 Å². The molecular weight excluding hydrogens is 548 g/mol. The Morgan fingerprint density at radius 3 is 2.48 bits per heavy atom.